The maximum atomic E-state index is 5.00. The smallest absolute Gasteiger partial charge is 0.193 e. The molecule has 0 aromatic heterocycles. The van der Waals surface area contributed by atoms with E-state index in [1.807, 2.05) is 0 Å². The van der Waals surface area contributed by atoms with Crippen LogP contribution in [-0.2, 0) is 0 Å². The summed E-state index contributed by atoms with van der Waals surface area (Å²) in [5.41, 5.74) is 0. The van der Waals surface area contributed by atoms with E-state index in [0.717, 1.165) is 43.3 Å². The first-order valence-corrected chi connectivity index (χ1v) is 10.7. The van der Waals surface area contributed by atoms with Gasteiger partial charge in [0.2, 0.25) is 0 Å². The van der Waals surface area contributed by atoms with E-state index in [4.69, 9.17) is 4.99 Å². The molecular formula is C18H36N4S. The van der Waals surface area contributed by atoms with E-state index in [9.17, 15) is 0 Å². The van der Waals surface area contributed by atoms with Crippen molar-refractivity contribution in [1.29, 1.82) is 0 Å². The minimum Gasteiger partial charge on any atom is -0.357 e. The van der Waals surface area contributed by atoms with Crippen LogP contribution >= 0.6 is 11.8 Å². The SMILES string of the molecule is CCCN1CCC(CN=C(NCC)N2CCSC(CC)C2)CC1. The summed E-state index contributed by atoms with van der Waals surface area (Å²) in [5, 5.41) is 4.29. The van der Waals surface area contributed by atoms with Gasteiger partial charge < -0.3 is 15.1 Å². The number of nitrogens with zero attached hydrogens (tertiary/aromatic N) is 3. The van der Waals surface area contributed by atoms with Gasteiger partial charge in [0.05, 0.1) is 0 Å². The Morgan fingerprint density at radius 3 is 2.61 bits per heavy atom. The second-order valence-electron chi connectivity index (χ2n) is 6.83. The lowest BCUT2D eigenvalue weighted by atomic mass is 9.97. The van der Waals surface area contributed by atoms with Crippen LogP contribution in [0.4, 0.5) is 0 Å². The summed E-state index contributed by atoms with van der Waals surface area (Å²) in [5.74, 6) is 3.17. The highest BCUT2D eigenvalue weighted by molar-refractivity contribution is 8.00. The van der Waals surface area contributed by atoms with Crippen LogP contribution in [0.1, 0.15) is 46.5 Å². The second-order valence-corrected chi connectivity index (χ2v) is 8.23. The average molecular weight is 341 g/mol. The van der Waals surface area contributed by atoms with Gasteiger partial charge in [-0.25, -0.2) is 0 Å². The first-order chi connectivity index (χ1) is 11.3. The Morgan fingerprint density at radius 1 is 1.17 bits per heavy atom. The highest BCUT2D eigenvalue weighted by atomic mass is 32.2. The zero-order chi connectivity index (χ0) is 16.5. The minimum absolute atomic E-state index is 0.768. The molecule has 0 saturated carbocycles. The van der Waals surface area contributed by atoms with Crippen LogP contribution in [0.2, 0.25) is 0 Å². The molecule has 2 rings (SSSR count). The molecule has 0 aromatic rings. The molecule has 23 heavy (non-hydrogen) atoms. The van der Waals surface area contributed by atoms with Crippen molar-refractivity contribution in [2.24, 2.45) is 10.9 Å². The molecule has 2 aliphatic rings. The highest BCUT2D eigenvalue weighted by Gasteiger charge is 2.22. The lowest BCUT2D eigenvalue weighted by molar-refractivity contribution is 0.188. The summed E-state index contributed by atoms with van der Waals surface area (Å²) in [4.78, 5) is 10.1. The summed E-state index contributed by atoms with van der Waals surface area (Å²) >= 11 is 2.12. The average Bonchev–Trinajstić information content (AvgIpc) is 2.60. The molecule has 0 radical (unpaired) electrons. The van der Waals surface area contributed by atoms with Crippen LogP contribution in [-0.4, -0.2) is 72.6 Å². The number of hydrogen-bond acceptors (Lipinski definition) is 3. The molecule has 0 aliphatic carbocycles. The van der Waals surface area contributed by atoms with Gasteiger partial charge >= 0.3 is 0 Å². The van der Waals surface area contributed by atoms with Gasteiger partial charge in [-0.05, 0) is 58.2 Å². The third kappa shape index (κ3) is 6.18. The molecule has 5 heteroatoms. The Morgan fingerprint density at radius 2 is 1.96 bits per heavy atom. The van der Waals surface area contributed by atoms with Crippen LogP contribution < -0.4 is 5.32 Å². The van der Waals surface area contributed by atoms with Crippen molar-refractivity contribution in [2.75, 3.05) is 51.6 Å². The zero-order valence-electron chi connectivity index (χ0n) is 15.4. The summed E-state index contributed by atoms with van der Waals surface area (Å²) in [6.45, 7) is 14.8. The van der Waals surface area contributed by atoms with Crippen molar-refractivity contribution in [1.82, 2.24) is 15.1 Å². The lowest BCUT2D eigenvalue weighted by Gasteiger charge is -2.35. The Hall–Kier alpha value is -0.420. The number of piperidine rings is 1. The van der Waals surface area contributed by atoms with E-state index < -0.39 is 0 Å². The third-order valence-electron chi connectivity index (χ3n) is 4.97. The van der Waals surface area contributed by atoms with Gasteiger partial charge in [0.1, 0.15) is 0 Å². The molecule has 2 aliphatic heterocycles. The molecule has 2 heterocycles. The van der Waals surface area contributed by atoms with E-state index in [1.54, 1.807) is 0 Å². The summed E-state index contributed by atoms with van der Waals surface area (Å²) in [7, 11) is 0. The molecule has 0 aromatic carbocycles. The molecule has 0 bridgehead atoms. The number of hydrogen-bond donors (Lipinski definition) is 1. The number of aliphatic imine (C=N–C) groups is 1. The van der Waals surface area contributed by atoms with Gasteiger partial charge in [0, 0.05) is 37.2 Å². The van der Waals surface area contributed by atoms with E-state index >= 15 is 0 Å². The number of rotatable bonds is 6. The summed E-state index contributed by atoms with van der Waals surface area (Å²) in [6, 6.07) is 0. The Bertz CT molecular complexity index is 353. The number of thioether (sulfide) groups is 1. The highest BCUT2D eigenvalue weighted by Crippen LogP contribution is 2.22. The molecule has 4 nitrogen and oxygen atoms in total. The molecular weight excluding hydrogens is 304 g/mol. The number of guanidine groups is 1. The molecule has 2 saturated heterocycles. The predicted molar refractivity (Wildman–Crippen MR) is 104 cm³/mol. The molecule has 1 N–H and O–H groups in total. The molecule has 1 unspecified atom stereocenters. The number of nitrogens with one attached hydrogen (secondary N) is 1. The van der Waals surface area contributed by atoms with Crippen LogP contribution in [0.5, 0.6) is 0 Å². The van der Waals surface area contributed by atoms with Gasteiger partial charge in [0.25, 0.3) is 0 Å². The monoisotopic (exact) mass is 340 g/mol. The van der Waals surface area contributed by atoms with E-state index in [1.165, 1.54) is 51.1 Å². The van der Waals surface area contributed by atoms with E-state index in [-0.39, 0.29) is 0 Å². The Kier molecular flexibility index (Phi) is 8.59. The molecule has 0 spiro atoms. The molecule has 2 fully saturated rings. The van der Waals surface area contributed by atoms with Gasteiger partial charge in [-0.1, -0.05) is 13.8 Å². The van der Waals surface area contributed by atoms with Crippen LogP contribution in [0, 0.1) is 5.92 Å². The number of likely N-dealkylation sites (tertiary alicyclic amines) is 1. The van der Waals surface area contributed by atoms with Crippen LogP contribution in [0.3, 0.4) is 0 Å². The van der Waals surface area contributed by atoms with Crippen molar-refractivity contribution >= 4 is 17.7 Å². The lowest BCUT2D eigenvalue weighted by Crippen LogP contribution is -2.48. The van der Waals surface area contributed by atoms with E-state index in [0.29, 0.717) is 0 Å². The van der Waals surface area contributed by atoms with Crippen molar-refractivity contribution in [3.8, 4) is 0 Å². The normalized spacial score (nSPS) is 24.9. The van der Waals surface area contributed by atoms with Gasteiger partial charge in [0.15, 0.2) is 5.96 Å². The van der Waals surface area contributed by atoms with Crippen LogP contribution in [0.25, 0.3) is 0 Å². The van der Waals surface area contributed by atoms with Crippen LogP contribution in [0.15, 0.2) is 4.99 Å². The first kappa shape index (κ1) is 18.9. The van der Waals surface area contributed by atoms with Gasteiger partial charge in [-0.15, -0.1) is 0 Å². The quantitative estimate of drug-likeness (QED) is 0.595. The van der Waals surface area contributed by atoms with Gasteiger partial charge in [-0.2, -0.15) is 11.8 Å². The molecule has 0 amide bonds. The minimum atomic E-state index is 0.768. The fourth-order valence-corrected chi connectivity index (χ4v) is 4.69. The van der Waals surface area contributed by atoms with Crippen molar-refractivity contribution in [3.05, 3.63) is 0 Å². The van der Waals surface area contributed by atoms with E-state index in [2.05, 4.69) is 47.6 Å². The van der Waals surface area contributed by atoms with Crippen molar-refractivity contribution < 1.29 is 0 Å². The fourth-order valence-electron chi connectivity index (χ4n) is 3.51. The topological polar surface area (TPSA) is 30.9 Å². The fraction of sp³-hybridized carbons (Fsp3) is 0.944. The largest absolute Gasteiger partial charge is 0.357 e. The van der Waals surface area contributed by atoms with Crippen molar-refractivity contribution in [2.45, 2.75) is 51.7 Å². The second kappa shape index (κ2) is 10.4. The maximum absolute atomic E-state index is 5.00. The standard InChI is InChI=1S/C18H36N4S/c1-4-9-21-10-7-16(8-11-21)14-20-18(19-6-3)22-12-13-23-17(5-2)15-22/h16-17H,4-15H2,1-3H3,(H,19,20). The Balaban J connectivity index is 1.84. The summed E-state index contributed by atoms with van der Waals surface area (Å²) in [6.07, 6.45) is 5.17. The predicted octanol–water partition coefficient (Wildman–Crippen LogP) is 2.90. The van der Waals surface area contributed by atoms with Crippen molar-refractivity contribution in [3.63, 3.8) is 0 Å². The third-order valence-corrected chi connectivity index (χ3v) is 6.35. The molecule has 1 atom stereocenters. The van der Waals surface area contributed by atoms with Gasteiger partial charge in [-0.3, -0.25) is 4.99 Å². The molecule has 134 valence electrons. The first-order valence-electron chi connectivity index (χ1n) is 9.64. The Labute approximate surface area is 147 Å². The summed E-state index contributed by atoms with van der Waals surface area (Å²) < 4.78 is 0. The maximum Gasteiger partial charge on any atom is 0.193 e. The zero-order valence-corrected chi connectivity index (χ0v) is 16.2.